The number of rotatable bonds is 2. The molecule has 0 aliphatic heterocycles. The number of nitrogens with one attached hydrogen (secondary N) is 1. The van der Waals surface area contributed by atoms with Gasteiger partial charge in [-0.1, -0.05) is 12.2 Å². The monoisotopic (exact) mass is 176 g/mol. The molecule has 0 saturated heterocycles. The Balaban J connectivity index is 1.75. The average Bonchev–Trinajstić information content (AvgIpc) is 2.76. The van der Waals surface area contributed by atoms with Gasteiger partial charge in [0.15, 0.2) is 0 Å². The average molecular weight is 176 g/mol. The standard InChI is InChI=1S/C11H16N2/c12-8-9-5-6-11(7-9)13-10-3-1-2-4-10/h1-2,9-11,13H,3-7H2. The van der Waals surface area contributed by atoms with Gasteiger partial charge in [-0.15, -0.1) is 0 Å². The van der Waals surface area contributed by atoms with Gasteiger partial charge in [0.05, 0.1) is 6.07 Å². The Kier molecular flexibility index (Phi) is 2.65. The maximum absolute atomic E-state index is 8.75. The van der Waals surface area contributed by atoms with Gasteiger partial charge in [0.2, 0.25) is 0 Å². The lowest BCUT2D eigenvalue weighted by atomic mass is 10.1. The molecule has 1 N–H and O–H groups in total. The van der Waals surface area contributed by atoms with Crippen LogP contribution in [-0.4, -0.2) is 12.1 Å². The summed E-state index contributed by atoms with van der Waals surface area (Å²) in [6.45, 7) is 0. The molecule has 0 amide bonds. The summed E-state index contributed by atoms with van der Waals surface area (Å²) in [5.74, 6) is 0.312. The summed E-state index contributed by atoms with van der Waals surface area (Å²) in [5, 5.41) is 12.4. The van der Waals surface area contributed by atoms with Crippen LogP contribution in [0.5, 0.6) is 0 Å². The van der Waals surface area contributed by atoms with E-state index in [1.54, 1.807) is 0 Å². The fourth-order valence-corrected chi connectivity index (χ4v) is 2.34. The fourth-order valence-electron chi connectivity index (χ4n) is 2.34. The van der Waals surface area contributed by atoms with Crippen molar-refractivity contribution in [3.05, 3.63) is 12.2 Å². The van der Waals surface area contributed by atoms with Crippen molar-refractivity contribution in [2.24, 2.45) is 5.92 Å². The highest BCUT2D eigenvalue weighted by molar-refractivity contribution is 5.00. The molecular formula is C11H16N2. The van der Waals surface area contributed by atoms with E-state index in [1.165, 1.54) is 19.3 Å². The van der Waals surface area contributed by atoms with Crippen molar-refractivity contribution in [1.29, 1.82) is 5.26 Å². The summed E-state index contributed by atoms with van der Waals surface area (Å²) in [6.07, 6.45) is 10.2. The molecule has 0 aromatic carbocycles. The molecule has 2 aliphatic carbocycles. The van der Waals surface area contributed by atoms with Gasteiger partial charge in [-0.2, -0.15) is 5.26 Å². The molecule has 13 heavy (non-hydrogen) atoms. The maximum atomic E-state index is 8.75. The third-order valence-corrected chi connectivity index (χ3v) is 3.09. The van der Waals surface area contributed by atoms with Crippen LogP contribution in [0, 0.1) is 17.2 Å². The molecule has 0 aromatic heterocycles. The Morgan fingerprint density at radius 1 is 1.15 bits per heavy atom. The molecule has 2 aliphatic rings. The van der Waals surface area contributed by atoms with Crippen molar-refractivity contribution < 1.29 is 0 Å². The fraction of sp³-hybridized carbons (Fsp3) is 0.727. The zero-order chi connectivity index (χ0) is 9.10. The molecule has 0 radical (unpaired) electrons. The van der Waals surface area contributed by atoms with Crippen molar-refractivity contribution in [3.63, 3.8) is 0 Å². The molecule has 2 rings (SSSR count). The molecule has 2 unspecified atom stereocenters. The second kappa shape index (κ2) is 3.93. The predicted octanol–water partition coefficient (Wildman–Crippen LogP) is 1.99. The first kappa shape index (κ1) is 8.77. The molecule has 2 atom stereocenters. The lowest BCUT2D eigenvalue weighted by Gasteiger charge is -2.17. The highest BCUT2D eigenvalue weighted by atomic mass is 15.0. The van der Waals surface area contributed by atoms with Gasteiger partial charge in [0.1, 0.15) is 0 Å². The van der Waals surface area contributed by atoms with Crippen LogP contribution in [0.4, 0.5) is 0 Å². The molecule has 2 heteroatoms. The second-order valence-corrected chi connectivity index (χ2v) is 4.14. The van der Waals surface area contributed by atoms with Crippen LogP contribution < -0.4 is 5.32 Å². The van der Waals surface area contributed by atoms with Gasteiger partial charge in [-0.25, -0.2) is 0 Å². The topological polar surface area (TPSA) is 35.8 Å². The zero-order valence-corrected chi connectivity index (χ0v) is 7.87. The van der Waals surface area contributed by atoms with E-state index >= 15 is 0 Å². The van der Waals surface area contributed by atoms with Crippen LogP contribution in [-0.2, 0) is 0 Å². The van der Waals surface area contributed by atoms with E-state index in [0.29, 0.717) is 18.0 Å². The highest BCUT2D eigenvalue weighted by Crippen LogP contribution is 2.26. The summed E-state index contributed by atoms with van der Waals surface area (Å²) in [7, 11) is 0. The molecular weight excluding hydrogens is 160 g/mol. The van der Waals surface area contributed by atoms with Gasteiger partial charge >= 0.3 is 0 Å². The quantitative estimate of drug-likeness (QED) is 0.653. The summed E-state index contributed by atoms with van der Waals surface area (Å²) in [6, 6.07) is 3.62. The van der Waals surface area contributed by atoms with Crippen LogP contribution >= 0.6 is 0 Å². The minimum absolute atomic E-state index is 0.312. The smallest absolute Gasteiger partial charge is 0.0656 e. The van der Waals surface area contributed by atoms with Crippen LogP contribution in [0.3, 0.4) is 0 Å². The zero-order valence-electron chi connectivity index (χ0n) is 7.87. The lowest BCUT2D eigenvalue weighted by molar-refractivity contribution is 0.438. The lowest BCUT2D eigenvalue weighted by Crippen LogP contribution is -2.35. The minimum atomic E-state index is 0.312. The SMILES string of the molecule is N#CC1CCC(NC2CC=CC2)C1. The first-order chi connectivity index (χ1) is 6.38. The Bertz CT molecular complexity index is 231. The molecule has 2 nitrogen and oxygen atoms in total. The summed E-state index contributed by atoms with van der Waals surface area (Å²) in [4.78, 5) is 0. The molecule has 0 aromatic rings. The predicted molar refractivity (Wildman–Crippen MR) is 52.0 cm³/mol. The van der Waals surface area contributed by atoms with E-state index in [9.17, 15) is 0 Å². The summed E-state index contributed by atoms with van der Waals surface area (Å²) in [5.41, 5.74) is 0. The molecule has 1 fully saturated rings. The van der Waals surface area contributed by atoms with E-state index in [4.69, 9.17) is 5.26 Å². The van der Waals surface area contributed by atoms with Crippen LogP contribution in [0.1, 0.15) is 32.1 Å². The van der Waals surface area contributed by atoms with Crippen LogP contribution in [0.15, 0.2) is 12.2 Å². The van der Waals surface area contributed by atoms with E-state index in [1.807, 2.05) is 0 Å². The van der Waals surface area contributed by atoms with Gasteiger partial charge in [0.25, 0.3) is 0 Å². The van der Waals surface area contributed by atoms with Crippen molar-refractivity contribution in [3.8, 4) is 6.07 Å². The minimum Gasteiger partial charge on any atom is -0.311 e. The van der Waals surface area contributed by atoms with Crippen LogP contribution in [0.25, 0.3) is 0 Å². The van der Waals surface area contributed by atoms with Gasteiger partial charge in [-0.3, -0.25) is 0 Å². The van der Waals surface area contributed by atoms with E-state index in [2.05, 4.69) is 23.5 Å². The largest absolute Gasteiger partial charge is 0.311 e. The van der Waals surface area contributed by atoms with E-state index in [0.717, 1.165) is 12.8 Å². The Morgan fingerprint density at radius 2 is 1.92 bits per heavy atom. The van der Waals surface area contributed by atoms with Gasteiger partial charge < -0.3 is 5.32 Å². The number of nitriles is 1. The summed E-state index contributed by atoms with van der Waals surface area (Å²) >= 11 is 0. The molecule has 0 spiro atoms. The normalized spacial score (nSPS) is 33.8. The highest BCUT2D eigenvalue weighted by Gasteiger charge is 2.26. The first-order valence-electron chi connectivity index (χ1n) is 5.19. The summed E-state index contributed by atoms with van der Waals surface area (Å²) < 4.78 is 0. The number of hydrogen-bond donors (Lipinski definition) is 1. The number of nitrogens with zero attached hydrogens (tertiary/aromatic N) is 1. The van der Waals surface area contributed by atoms with Gasteiger partial charge in [0, 0.05) is 18.0 Å². The van der Waals surface area contributed by atoms with Crippen LogP contribution in [0.2, 0.25) is 0 Å². The van der Waals surface area contributed by atoms with E-state index < -0.39 is 0 Å². The number of hydrogen-bond acceptors (Lipinski definition) is 2. The third-order valence-electron chi connectivity index (χ3n) is 3.09. The van der Waals surface area contributed by atoms with Crippen molar-refractivity contribution in [2.75, 3.05) is 0 Å². The molecule has 1 saturated carbocycles. The van der Waals surface area contributed by atoms with Crippen molar-refractivity contribution in [2.45, 2.75) is 44.2 Å². The van der Waals surface area contributed by atoms with Crippen molar-refractivity contribution >= 4 is 0 Å². The first-order valence-corrected chi connectivity index (χ1v) is 5.19. The Hall–Kier alpha value is -0.810. The molecule has 70 valence electrons. The third kappa shape index (κ3) is 2.10. The molecule has 0 heterocycles. The molecule has 0 bridgehead atoms. The second-order valence-electron chi connectivity index (χ2n) is 4.14. The Morgan fingerprint density at radius 3 is 2.54 bits per heavy atom. The van der Waals surface area contributed by atoms with E-state index in [-0.39, 0.29) is 0 Å². The van der Waals surface area contributed by atoms with Crippen molar-refractivity contribution in [1.82, 2.24) is 5.32 Å². The Labute approximate surface area is 79.6 Å². The maximum Gasteiger partial charge on any atom is 0.0656 e. The van der Waals surface area contributed by atoms with Gasteiger partial charge in [-0.05, 0) is 32.1 Å².